The number of anilines is 3. The molecule has 1 aromatic carbocycles. The topological polar surface area (TPSA) is 126 Å². The first kappa shape index (κ1) is 29.3. The maximum Gasteiger partial charge on any atom is 0.417 e. The minimum atomic E-state index is -4.61. The van der Waals surface area contributed by atoms with E-state index in [1.54, 1.807) is 12.1 Å². The monoisotopic (exact) mass is 616 g/mol. The van der Waals surface area contributed by atoms with Gasteiger partial charge < -0.3 is 15.5 Å². The summed E-state index contributed by atoms with van der Waals surface area (Å²) in [5.74, 6) is 0.376. The molecule has 15 heteroatoms. The maximum absolute atomic E-state index is 13.7. The van der Waals surface area contributed by atoms with Gasteiger partial charge in [0.15, 0.2) is 11.6 Å². The van der Waals surface area contributed by atoms with Crippen molar-refractivity contribution in [2.75, 3.05) is 28.6 Å². The van der Waals surface area contributed by atoms with Crippen LogP contribution in [0.15, 0.2) is 48.7 Å². The van der Waals surface area contributed by atoms with Crippen molar-refractivity contribution in [3.63, 3.8) is 0 Å². The lowest BCUT2D eigenvalue weighted by atomic mass is 9.96. The highest BCUT2D eigenvalue weighted by atomic mass is 35.5. The SMILES string of the molecule is CC(=O)Nc1nnc(C2CCN(c3ccc(NC(=O)Cc4ncccc4-c4cc(Cl)ccc4C(F)(F)F)nn3)CC2)s1. The first-order valence-corrected chi connectivity index (χ1v) is 14.1. The van der Waals surface area contributed by atoms with Crippen molar-refractivity contribution in [2.24, 2.45) is 0 Å². The van der Waals surface area contributed by atoms with Crippen molar-refractivity contribution in [1.29, 1.82) is 0 Å². The molecule has 0 atom stereocenters. The smallest absolute Gasteiger partial charge is 0.355 e. The second-order valence-electron chi connectivity index (χ2n) is 9.58. The number of carbonyl (C=O) groups excluding carboxylic acids is 2. The molecule has 1 aliphatic heterocycles. The zero-order valence-corrected chi connectivity index (χ0v) is 23.7. The number of carbonyl (C=O) groups is 2. The Labute approximate surface area is 247 Å². The highest BCUT2D eigenvalue weighted by molar-refractivity contribution is 7.15. The number of hydrogen-bond acceptors (Lipinski definition) is 9. The number of rotatable bonds is 7. The van der Waals surface area contributed by atoms with E-state index in [0.717, 1.165) is 23.9 Å². The Morgan fingerprint density at radius 2 is 1.81 bits per heavy atom. The molecule has 2 N–H and O–H groups in total. The van der Waals surface area contributed by atoms with Gasteiger partial charge in [-0.2, -0.15) is 13.2 Å². The van der Waals surface area contributed by atoms with Crippen molar-refractivity contribution in [2.45, 2.75) is 38.3 Å². The van der Waals surface area contributed by atoms with Crippen LogP contribution < -0.4 is 15.5 Å². The Morgan fingerprint density at radius 3 is 2.50 bits per heavy atom. The Hall–Kier alpha value is -4.17. The van der Waals surface area contributed by atoms with Crippen molar-refractivity contribution >= 4 is 51.5 Å². The zero-order valence-electron chi connectivity index (χ0n) is 22.2. The molecule has 1 fully saturated rings. The average Bonchev–Trinajstić information content (AvgIpc) is 3.41. The minimum absolute atomic E-state index is 0.133. The molecular weight excluding hydrogens is 593 g/mol. The lowest BCUT2D eigenvalue weighted by molar-refractivity contribution is -0.137. The van der Waals surface area contributed by atoms with Crippen LogP contribution in [0, 0.1) is 0 Å². The maximum atomic E-state index is 13.7. The first-order chi connectivity index (χ1) is 20.1. The van der Waals surface area contributed by atoms with Crippen LogP contribution in [-0.2, 0) is 22.2 Å². The number of piperidine rings is 1. The molecule has 0 unspecified atom stereocenters. The van der Waals surface area contributed by atoms with E-state index in [0.29, 0.717) is 24.0 Å². The van der Waals surface area contributed by atoms with Crippen LogP contribution in [0.1, 0.15) is 41.9 Å². The average molecular weight is 617 g/mol. The molecule has 0 spiro atoms. The number of amides is 2. The Morgan fingerprint density at radius 1 is 1.02 bits per heavy atom. The van der Waals surface area contributed by atoms with Crippen molar-refractivity contribution < 1.29 is 22.8 Å². The van der Waals surface area contributed by atoms with E-state index >= 15 is 0 Å². The molecule has 0 aliphatic carbocycles. The molecule has 0 radical (unpaired) electrons. The molecule has 4 aromatic rings. The molecule has 3 aromatic heterocycles. The molecule has 2 amide bonds. The molecule has 4 heterocycles. The summed E-state index contributed by atoms with van der Waals surface area (Å²) in [4.78, 5) is 30.3. The zero-order chi connectivity index (χ0) is 29.9. The number of aromatic nitrogens is 5. The van der Waals surface area contributed by atoms with Crippen LogP contribution in [-0.4, -0.2) is 50.3 Å². The Kier molecular flexibility index (Phi) is 8.64. The quantitative estimate of drug-likeness (QED) is 0.275. The normalized spacial score (nSPS) is 14.1. The highest BCUT2D eigenvalue weighted by Gasteiger charge is 2.34. The number of benzene rings is 1. The van der Waals surface area contributed by atoms with Crippen molar-refractivity contribution in [1.82, 2.24) is 25.4 Å². The van der Waals surface area contributed by atoms with Crippen molar-refractivity contribution in [3.8, 4) is 11.1 Å². The Balaban J connectivity index is 1.21. The van der Waals surface area contributed by atoms with Gasteiger partial charge in [0.25, 0.3) is 0 Å². The van der Waals surface area contributed by atoms with Crippen LogP contribution in [0.4, 0.5) is 29.9 Å². The second kappa shape index (κ2) is 12.4. The lowest BCUT2D eigenvalue weighted by Crippen LogP contribution is -2.33. The van der Waals surface area contributed by atoms with Gasteiger partial charge in [0, 0.05) is 42.7 Å². The van der Waals surface area contributed by atoms with E-state index in [1.165, 1.54) is 48.7 Å². The fourth-order valence-corrected chi connectivity index (χ4v) is 5.80. The predicted molar refractivity (Wildman–Crippen MR) is 152 cm³/mol. The summed E-state index contributed by atoms with van der Waals surface area (Å²) in [6.45, 7) is 2.85. The number of nitrogens with one attached hydrogen (secondary N) is 2. The molecular formula is C27H24ClF3N8O2S. The molecule has 1 saturated heterocycles. The van der Waals surface area contributed by atoms with E-state index < -0.39 is 17.6 Å². The summed E-state index contributed by atoms with van der Waals surface area (Å²) in [7, 11) is 0. The number of halogens is 4. The molecule has 42 heavy (non-hydrogen) atoms. The van der Waals surface area contributed by atoms with Gasteiger partial charge in [-0.3, -0.25) is 14.6 Å². The fraction of sp³-hybridized carbons (Fsp3) is 0.296. The fourth-order valence-electron chi connectivity index (χ4n) is 4.67. The van der Waals surface area contributed by atoms with Gasteiger partial charge in [0.05, 0.1) is 17.7 Å². The van der Waals surface area contributed by atoms with Gasteiger partial charge >= 0.3 is 6.18 Å². The predicted octanol–water partition coefficient (Wildman–Crippen LogP) is 5.59. The van der Waals surface area contributed by atoms with Crippen LogP contribution in [0.25, 0.3) is 11.1 Å². The largest absolute Gasteiger partial charge is 0.417 e. The number of pyridine rings is 1. The number of hydrogen-bond donors (Lipinski definition) is 2. The van der Waals surface area contributed by atoms with Gasteiger partial charge in [0.1, 0.15) is 5.01 Å². The van der Waals surface area contributed by atoms with Gasteiger partial charge in [-0.25, -0.2) is 0 Å². The minimum Gasteiger partial charge on any atom is -0.355 e. The third kappa shape index (κ3) is 6.99. The molecule has 218 valence electrons. The van der Waals surface area contributed by atoms with E-state index in [9.17, 15) is 22.8 Å². The highest BCUT2D eigenvalue weighted by Crippen LogP contribution is 2.39. The van der Waals surface area contributed by atoms with E-state index in [1.807, 2.05) is 0 Å². The van der Waals surface area contributed by atoms with Crippen LogP contribution in [0.2, 0.25) is 5.02 Å². The molecule has 0 saturated carbocycles. The summed E-state index contributed by atoms with van der Waals surface area (Å²) in [6, 6.07) is 9.64. The van der Waals surface area contributed by atoms with E-state index in [-0.39, 0.29) is 45.9 Å². The summed E-state index contributed by atoms with van der Waals surface area (Å²) in [5.41, 5.74) is -0.703. The second-order valence-corrected chi connectivity index (χ2v) is 11.0. The van der Waals surface area contributed by atoms with E-state index in [4.69, 9.17) is 11.6 Å². The molecule has 10 nitrogen and oxygen atoms in total. The third-order valence-electron chi connectivity index (χ3n) is 6.61. The van der Waals surface area contributed by atoms with Gasteiger partial charge in [0.2, 0.25) is 16.9 Å². The number of nitrogens with zero attached hydrogens (tertiary/aromatic N) is 6. The summed E-state index contributed by atoms with van der Waals surface area (Å²) in [5, 5.41) is 23.4. The summed E-state index contributed by atoms with van der Waals surface area (Å²) >= 11 is 7.37. The molecule has 5 rings (SSSR count). The summed E-state index contributed by atoms with van der Waals surface area (Å²) in [6.07, 6.45) is -1.84. The van der Waals surface area contributed by atoms with Gasteiger partial charge in [-0.1, -0.05) is 29.0 Å². The van der Waals surface area contributed by atoms with Gasteiger partial charge in [-0.15, -0.1) is 20.4 Å². The van der Waals surface area contributed by atoms with Gasteiger partial charge in [-0.05, 0) is 54.8 Å². The summed E-state index contributed by atoms with van der Waals surface area (Å²) < 4.78 is 41.0. The lowest BCUT2D eigenvalue weighted by Gasteiger charge is -2.31. The standard InChI is InChI=1S/C27H24ClF3N8O2S/c1-15(40)33-26-38-37-25(42-26)16-8-11-39(12-9-16)23-7-6-22(35-36-23)34-24(41)14-21-18(3-2-10-32-21)19-13-17(28)4-5-20(19)27(29,30)31/h2-7,10,13,16H,8-9,11-12,14H2,1H3,(H,33,38,40)(H,34,35,41). The molecule has 1 aliphatic rings. The number of alkyl halides is 3. The first-order valence-electron chi connectivity index (χ1n) is 12.9. The van der Waals surface area contributed by atoms with Crippen molar-refractivity contribution in [3.05, 3.63) is 69.9 Å². The van der Waals surface area contributed by atoms with E-state index in [2.05, 4.69) is 40.9 Å². The van der Waals surface area contributed by atoms with Crippen LogP contribution in [0.3, 0.4) is 0 Å². The Bertz CT molecular complexity index is 1590. The molecule has 0 bridgehead atoms. The van der Waals surface area contributed by atoms with Crippen LogP contribution >= 0.6 is 22.9 Å². The van der Waals surface area contributed by atoms with Crippen LogP contribution in [0.5, 0.6) is 0 Å². The third-order valence-corrected chi connectivity index (χ3v) is 7.84.